The Balaban J connectivity index is 2.06. The van der Waals surface area contributed by atoms with E-state index in [1.165, 1.54) is 11.8 Å². The second-order valence-electron chi connectivity index (χ2n) is 2.57. The fourth-order valence-corrected chi connectivity index (χ4v) is 2.16. The van der Waals surface area contributed by atoms with Crippen LogP contribution < -0.4 is 0 Å². The first-order valence-corrected chi connectivity index (χ1v) is 6.16. The van der Waals surface area contributed by atoms with Gasteiger partial charge >= 0.3 is 0 Å². The molecule has 2 rings (SSSR count). The maximum atomic E-state index is 5.46. The van der Waals surface area contributed by atoms with Crippen LogP contribution in [0.3, 0.4) is 0 Å². The van der Waals surface area contributed by atoms with Crippen LogP contribution in [0.2, 0.25) is 0 Å². The second kappa shape index (κ2) is 5.01. The zero-order valence-corrected chi connectivity index (χ0v) is 9.69. The molecule has 0 N–H and O–H groups in total. The summed E-state index contributed by atoms with van der Waals surface area (Å²) in [5.74, 6) is 7.01. The lowest BCUT2D eigenvalue weighted by Gasteiger charge is -1.86. The molecule has 2 heterocycles. The minimum absolute atomic E-state index is 0.571. The van der Waals surface area contributed by atoms with E-state index in [-0.39, 0.29) is 0 Å². The summed E-state index contributed by atoms with van der Waals surface area (Å²) in [4.78, 5) is 0.996. The van der Waals surface area contributed by atoms with Crippen LogP contribution in [0.1, 0.15) is 6.92 Å². The smallest absolute Gasteiger partial charge is 0.277 e. The zero-order chi connectivity index (χ0) is 10.5. The molecule has 0 spiro atoms. The molecular weight excluding hydrogens is 228 g/mol. The third-order valence-electron chi connectivity index (χ3n) is 1.58. The van der Waals surface area contributed by atoms with Crippen molar-refractivity contribution >= 4 is 23.1 Å². The molecule has 0 bridgehead atoms. The van der Waals surface area contributed by atoms with Crippen molar-refractivity contribution in [1.29, 1.82) is 0 Å². The van der Waals surface area contributed by atoms with Crippen LogP contribution >= 0.6 is 23.1 Å². The van der Waals surface area contributed by atoms with Crippen LogP contribution in [0.25, 0.3) is 10.8 Å². The molecule has 0 unspecified atom stereocenters. The summed E-state index contributed by atoms with van der Waals surface area (Å²) in [5, 5.41) is 10.4. The van der Waals surface area contributed by atoms with E-state index in [9.17, 15) is 0 Å². The van der Waals surface area contributed by atoms with Gasteiger partial charge in [0.2, 0.25) is 0 Å². The third-order valence-corrected chi connectivity index (χ3v) is 3.14. The van der Waals surface area contributed by atoms with Crippen molar-refractivity contribution in [3.05, 3.63) is 17.5 Å². The second-order valence-corrected chi connectivity index (χ2v) is 4.44. The highest BCUT2D eigenvalue weighted by atomic mass is 32.2. The maximum absolute atomic E-state index is 5.46. The normalized spacial score (nSPS) is 9.67. The van der Waals surface area contributed by atoms with Gasteiger partial charge in [0.05, 0.1) is 10.6 Å². The molecule has 0 saturated heterocycles. The van der Waals surface area contributed by atoms with E-state index >= 15 is 0 Å². The van der Waals surface area contributed by atoms with Crippen LogP contribution in [-0.2, 0) is 0 Å². The summed E-state index contributed by atoms with van der Waals surface area (Å²) in [6.07, 6.45) is 0. The summed E-state index contributed by atoms with van der Waals surface area (Å²) in [5.41, 5.74) is 0. The largest absolute Gasteiger partial charge is 0.410 e. The Morgan fingerprint density at radius 3 is 3.20 bits per heavy atom. The van der Waals surface area contributed by atoms with Crippen molar-refractivity contribution < 1.29 is 4.42 Å². The highest BCUT2D eigenvalue weighted by Crippen LogP contribution is 2.26. The fraction of sp³-hybridized carbons (Fsp3) is 0.200. The lowest BCUT2D eigenvalue weighted by Crippen LogP contribution is -1.73. The van der Waals surface area contributed by atoms with Gasteiger partial charge in [-0.05, 0) is 18.4 Å². The molecule has 3 nitrogen and oxygen atoms in total. The Labute approximate surface area is 95.9 Å². The van der Waals surface area contributed by atoms with E-state index in [0.717, 1.165) is 4.88 Å². The molecule has 2 aromatic heterocycles. The van der Waals surface area contributed by atoms with Crippen LogP contribution in [0.4, 0.5) is 0 Å². The number of hydrogen-bond acceptors (Lipinski definition) is 5. The summed E-state index contributed by atoms with van der Waals surface area (Å²) in [7, 11) is 0. The fourth-order valence-electron chi connectivity index (χ4n) is 0.938. The van der Waals surface area contributed by atoms with E-state index in [1.54, 1.807) is 11.3 Å². The van der Waals surface area contributed by atoms with Crippen LogP contribution in [0.15, 0.2) is 27.2 Å². The predicted octanol–water partition coefficient (Wildman–Crippen LogP) is 2.91. The minimum atomic E-state index is 0.571. The lowest BCUT2D eigenvalue weighted by molar-refractivity contribution is 0.467. The average molecular weight is 236 g/mol. The first-order valence-electron chi connectivity index (χ1n) is 4.30. The lowest BCUT2D eigenvalue weighted by atomic mass is 10.5. The Bertz CT molecular complexity index is 479. The van der Waals surface area contributed by atoms with E-state index in [0.29, 0.717) is 16.9 Å². The van der Waals surface area contributed by atoms with Crippen molar-refractivity contribution in [2.75, 3.05) is 5.75 Å². The van der Waals surface area contributed by atoms with Gasteiger partial charge in [-0.1, -0.05) is 23.7 Å². The number of aromatic nitrogens is 2. The van der Waals surface area contributed by atoms with Gasteiger partial charge in [-0.2, -0.15) is 0 Å². The molecule has 0 amide bonds. The standard InChI is InChI=1S/C10H8N2OS2/c1-2-3-6-15-10-12-11-9(13-10)8-5-4-7-14-8/h4-5,7H,6H2,1H3. The maximum Gasteiger partial charge on any atom is 0.277 e. The van der Waals surface area contributed by atoms with Crippen LogP contribution in [0.5, 0.6) is 0 Å². The molecule has 0 fully saturated rings. The SMILES string of the molecule is CC#CCSc1nnc(-c2cccs2)o1. The molecule has 0 aliphatic rings. The predicted molar refractivity (Wildman–Crippen MR) is 61.8 cm³/mol. The Morgan fingerprint density at radius 1 is 1.53 bits per heavy atom. The van der Waals surface area contributed by atoms with Crippen molar-refractivity contribution in [2.45, 2.75) is 12.1 Å². The molecule has 0 radical (unpaired) electrons. The quantitative estimate of drug-likeness (QED) is 0.606. The van der Waals surface area contributed by atoms with Gasteiger partial charge in [-0.25, -0.2) is 0 Å². The first kappa shape index (κ1) is 10.3. The average Bonchev–Trinajstić information content (AvgIpc) is 2.87. The van der Waals surface area contributed by atoms with Gasteiger partial charge in [0.25, 0.3) is 11.1 Å². The summed E-state index contributed by atoms with van der Waals surface area (Å²) >= 11 is 3.04. The van der Waals surface area contributed by atoms with Gasteiger partial charge in [0.1, 0.15) is 0 Å². The number of thioether (sulfide) groups is 1. The van der Waals surface area contributed by atoms with Crippen molar-refractivity contribution in [2.24, 2.45) is 0 Å². The van der Waals surface area contributed by atoms with Gasteiger partial charge in [0.15, 0.2) is 0 Å². The Morgan fingerprint density at radius 2 is 2.47 bits per heavy atom. The molecule has 15 heavy (non-hydrogen) atoms. The van der Waals surface area contributed by atoms with Gasteiger partial charge in [-0.3, -0.25) is 0 Å². The molecular formula is C10H8N2OS2. The topological polar surface area (TPSA) is 38.9 Å². The molecule has 0 aliphatic heterocycles. The van der Waals surface area contributed by atoms with Crippen molar-refractivity contribution in [3.8, 4) is 22.6 Å². The third kappa shape index (κ3) is 2.61. The van der Waals surface area contributed by atoms with Crippen molar-refractivity contribution in [3.63, 3.8) is 0 Å². The molecule has 0 aliphatic carbocycles. The summed E-state index contributed by atoms with van der Waals surface area (Å²) in [6, 6.07) is 3.91. The number of nitrogens with zero attached hydrogens (tertiary/aromatic N) is 2. The number of rotatable bonds is 3. The first-order chi connectivity index (χ1) is 7.40. The molecule has 2 aromatic rings. The van der Waals surface area contributed by atoms with Gasteiger partial charge in [0, 0.05) is 0 Å². The van der Waals surface area contributed by atoms with Gasteiger partial charge in [-0.15, -0.1) is 27.5 Å². The van der Waals surface area contributed by atoms with E-state index in [4.69, 9.17) is 4.42 Å². The molecule has 76 valence electrons. The summed E-state index contributed by atoms with van der Waals surface area (Å²) in [6.45, 7) is 1.81. The molecule has 0 atom stereocenters. The highest BCUT2D eigenvalue weighted by Gasteiger charge is 2.08. The van der Waals surface area contributed by atoms with Crippen LogP contribution in [-0.4, -0.2) is 16.0 Å². The van der Waals surface area contributed by atoms with E-state index in [1.807, 2.05) is 24.4 Å². The number of thiophene rings is 1. The van der Waals surface area contributed by atoms with E-state index in [2.05, 4.69) is 22.0 Å². The molecule has 5 heteroatoms. The minimum Gasteiger partial charge on any atom is -0.410 e. The van der Waals surface area contributed by atoms with Gasteiger partial charge < -0.3 is 4.42 Å². The Hall–Kier alpha value is -1.25. The van der Waals surface area contributed by atoms with E-state index < -0.39 is 0 Å². The molecule has 0 aromatic carbocycles. The van der Waals surface area contributed by atoms with Crippen LogP contribution in [0, 0.1) is 11.8 Å². The molecule has 0 saturated carbocycles. The highest BCUT2D eigenvalue weighted by molar-refractivity contribution is 7.99. The Kier molecular flexibility index (Phi) is 3.43. The van der Waals surface area contributed by atoms with Crippen molar-refractivity contribution in [1.82, 2.24) is 10.2 Å². The monoisotopic (exact) mass is 236 g/mol. The zero-order valence-electron chi connectivity index (χ0n) is 8.06. The summed E-state index contributed by atoms with van der Waals surface area (Å²) < 4.78 is 5.46. The number of hydrogen-bond donors (Lipinski definition) is 0.